The average Bonchev–Trinajstić information content (AvgIpc) is 1.85. The third kappa shape index (κ3) is 4.79. The summed E-state index contributed by atoms with van der Waals surface area (Å²) in [4.78, 5) is 20.1. The van der Waals surface area contributed by atoms with Gasteiger partial charge in [0.05, 0.1) is 0 Å². The van der Waals surface area contributed by atoms with Crippen LogP contribution in [0.1, 0.15) is 0 Å². The van der Waals surface area contributed by atoms with Crippen molar-refractivity contribution in [3.05, 3.63) is 12.2 Å². The van der Waals surface area contributed by atoms with E-state index in [0.29, 0.717) is 6.08 Å². The van der Waals surface area contributed by atoms with Crippen molar-refractivity contribution in [1.82, 2.24) is 0 Å². The van der Waals surface area contributed by atoms with Gasteiger partial charge in [-0.25, -0.2) is 9.59 Å². The van der Waals surface area contributed by atoms with Gasteiger partial charge in [0.1, 0.15) is 6.73 Å². The molecule has 0 saturated carbocycles. The van der Waals surface area contributed by atoms with E-state index in [2.05, 4.69) is 4.74 Å². The first kappa shape index (κ1) is 8.64. The first-order valence-electron chi connectivity index (χ1n) is 2.44. The summed E-state index contributed by atoms with van der Waals surface area (Å²) in [6.45, 7) is -0.247. The van der Waals surface area contributed by atoms with Crippen LogP contribution < -0.4 is 5.73 Å². The minimum absolute atomic E-state index is 0.247. The highest BCUT2D eigenvalue weighted by atomic mass is 16.5. The SMILES string of the molecule is NCOC(=O)C=CC(=O)O. The number of hydrogen-bond donors (Lipinski definition) is 2. The van der Waals surface area contributed by atoms with Crippen molar-refractivity contribution in [3.8, 4) is 0 Å². The Morgan fingerprint density at radius 1 is 1.50 bits per heavy atom. The van der Waals surface area contributed by atoms with Crippen LogP contribution in [0.3, 0.4) is 0 Å². The molecular formula is C5H7NO4. The lowest BCUT2D eigenvalue weighted by atomic mass is 10.5. The van der Waals surface area contributed by atoms with Gasteiger partial charge in [-0.1, -0.05) is 0 Å². The number of nitrogens with two attached hydrogens (primary N) is 1. The monoisotopic (exact) mass is 145 g/mol. The van der Waals surface area contributed by atoms with Crippen LogP contribution in [0.15, 0.2) is 12.2 Å². The number of ether oxygens (including phenoxy) is 1. The summed E-state index contributed by atoms with van der Waals surface area (Å²) in [6, 6.07) is 0. The Morgan fingerprint density at radius 3 is 2.50 bits per heavy atom. The smallest absolute Gasteiger partial charge is 0.332 e. The first-order valence-corrected chi connectivity index (χ1v) is 2.44. The van der Waals surface area contributed by atoms with Gasteiger partial charge < -0.3 is 9.84 Å². The minimum atomic E-state index is -1.20. The van der Waals surface area contributed by atoms with E-state index >= 15 is 0 Å². The summed E-state index contributed by atoms with van der Waals surface area (Å²) < 4.78 is 4.18. The Labute approximate surface area is 57.1 Å². The highest BCUT2D eigenvalue weighted by Gasteiger charge is 1.94. The molecule has 0 saturated heterocycles. The van der Waals surface area contributed by atoms with Crippen molar-refractivity contribution in [2.45, 2.75) is 0 Å². The predicted octanol–water partition coefficient (Wildman–Crippen LogP) is -0.913. The predicted molar refractivity (Wildman–Crippen MR) is 31.9 cm³/mol. The van der Waals surface area contributed by atoms with Crippen molar-refractivity contribution < 1.29 is 19.4 Å². The molecule has 0 atom stereocenters. The number of aliphatic carboxylic acids is 1. The standard InChI is InChI=1S/C5H7NO4/c6-3-10-5(9)2-1-4(7)8/h1-2H,3,6H2,(H,7,8). The van der Waals surface area contributed by atoms with E-state index in [9.17, 15) is 9.59 Å². The molecule has 0 heterocycles. The minimum Gasteiger partial charge on any atom is -0.478 e. The van der Waals surface area contributed by atoms with Crippen LogP contribution in [0.4, 0.5) is 0 Å². The summed E-state index contributed by atoms with van der Waals surface area (Å²) in [5.74, 6) is -1.96. The molecule has 0 unspecified atom stereocenters. The molecule has 0 aromatic carbocycles. The van der Waals surface area contributed by atoms with E-state index < -0.39 is 11.9 Å². The van der Waals surface area contributed by atoms with Gasteiger partial charge in [0.2, 0.25) is 0 Å². The molecule has 10 heavy (non-hydrogen) atoms. The van der Waals surface area contributed by atoms with E-state index in [1.165, 1.54) is 0 Å². The zero-order valence-electron chi connectivity index (χ0n) is 5.11. The molecule has 0 aliphatic carbocycles. The van der Waals surface area contributed by atoms with E-state index in [1.807, 2.05) is 0 Å². The van der Waals surface area contributed by atoms with Gasteiger partial charge in [-0.3, -0.25) is 5.73 Å². The fourth-order valence-corrected chi connectivity index (χ4v) is 0.270. The van der Waals surface area contributed by atoms with E-state index in [0.717, 1.165) is 6.08 Å². The number of hydrogen-bond acceptors (Lipinski definition) is 4. The molecule has 0 aromatic heterocycles. The zero-order chi connectivity index (χ0) is 7.98. The summed E-state index contributed by atoms with van der Waals surface area (Å²) in [5.41, 5.74) is 4.81. The molecule has 0 bridgehead atoms. The van der Waals surface area contributed by atoms with E-state index in [-0.39, 0.29) is 6.73 Å². The first-order chi connectivity index (χ1) is 4.66. The normalized spacial score (nSPS) is 9.70. The lowest BCUT2D eigenvalue weighted by Crippen LogP contribution is -2.09. The Balaban J connectivity index is 3.67. The fraction of sp³-hybridized carbons (Fsp3) is 0.200. The van der Waals surface area contributed by atoms with Crippen molar-refractivity contribution >= 4 is 11.9 Å². The lowest BCUT2D eigenvalue weighted by molar-refractivity contribution is -0.138. The van der Waals surface area contributed by atoms with E-state index in [1.54, 1.807) is 0 Å². The molecule has 0 spiro atoms. The van der Waals surface area contributed by atoms with Crippen molar-refractivity contribution in [2.75, 3.05) is 6.73 Å². The molecule has 0 aromatic rings. The highest BCUT2D eigenvalue weighted by Crippen LogP contribution is 1.78. The Kier molecular flexibility index (Phi) is 3.90. The third-order valence-corrected chi connectivity index (χ3v) is 0.588. The maximum atomic E-state index is 10.3. The Bertz CT molecular complexity index is 163. The topological polar surface area (TPSA) is 89.6 Å². The number of carbonyl (C=O) groups excluding carboxylic acids is 1. The van der Waals surface area contributed by atoms with Crippen molar-refractivity contribution in [2.24, 2.45) is 5.73 Å². The molecule has 0 rings (SSSR count). The molecule has 0 fully saturated rings. The molecule has 3 N–H and O–H groups in total. The van der Waals surface area contributed by atoms with Crippen LogP contribution in [0, 0.1) is 0 Å². The number of carboxylic acid groups (broad SMARTS) is 1. The molecule has 0 aliphatic rings. The molecule has 0 radical (unpaired) electrons. The van der Waals surface area contributed by atoms with Crippen LogP contribution >= 0.6 is 0 Å². The molecular weight excluding hydrogens is 138 g/mol. The highest BCUT2D eigenvalue weighted by molar-refractivity contribution is 5.90. The fourth-order valence-electron chi connectivity index (χ4n) is 0.270. The summed E-state index contributed by atoms with van der Waals surface area (Å²) >= 11 is 0. The van der Waals surface area contributed by atoms with Gasteiger partial charge in [0.15, 0.2) is 0 Å². The zero-order valence-corrected chi connectivity index (χ0v) is 5.11. The van der Waals surface area contributed by atoms with Crippen molar-refractivity contribution in [3.63, 3.8) is 0 Å². The molecule has 5 nitrogen and oxygen atoms in total. The van der Waals surface area contributed by atoms with Crippen LogP contribution in [-0.4, -0.2) is 23.8 Å². The number of rotatable bonds is 3. The second-order valence-electron chi connectivity index (χ2n) is 1.30. The van der Waals surface area contributed by atoms with Crippen LogP contribution in [0.5, 0.6) is 0 Å². The lowest BCUT2D eigenvalue weighted by Gasteiger charge is -1.92. The largest absolute Gasteiger partial charge is 0.478 e. The van der Waals surface area contributed by atoms with Gasteiger partial charge in [-0.2, -0.15) is 0 Å². The second-order valence-corrected chi connectivity index (χ2v) is 1.30. The molecule has 5 heteroatoms. The van der Waals surface area contributed by atoms with Crippen LogP contribution in [0.2, 0.25) is 0 Å². The summed E-state index contributed by atoms with van der Waals surface area (Å²) in [6.07, 6.45) is 1.47. The van der Waals surface area contributed by atoms with Gasteiger partial charge in [0, 0.05) is 12.2 Å². The second kappa shape index (κ2) is 4.51. The maximum absolute atomic E-state index is 10.3. The quantitative estimate of drug-likeness (QED) is 0.304. The third-order valence-electron chi connectivity index (χ3n) is 0.588. The van der Waals surface area contributed by atoms with Gasteiger partial charge in [0.25, 0.3) is 0 Å². The molecule has 0 amide bonds. The number of carbonyl (C=O) groups is 2. The Hall–Kier alpha value is -1.36. The maximum Gasteiger partial charge on any atom is 0.332 e. The molecule has 0 aliphatic heterocycles. The summed E-state index contributed by atoms with van der Waals surface area (Å²) in [7, 11) is 0. The van der Waals surface area contributed by atoms with Gasteiger partial charge in [-0.15, -0.1) is 0 Å². The summed E-state index contributed by atoms with van der Waals surface area (Å²) in [5, 5.41) is 8.00. The molecule has 56 valence electrons. The van der Waals surface area contributed by atoms with Gasteiger partial charge in [-0.05, 0) is 0 Å². The number of carboxylic acids is 1. The Morgan fingerprint density at radius 2 is 2.10 bits per heavy atom. The van der Waals surface area contributed by atoms with Crippen molar-refractivity contribution in [1.29, 1.82) is 0 Å². The van der Waals surface area contributed by atoms with E-state index in [4.69, 9.17) is 10.8 Å². The number of esters is 1. The van der Waals surface area contributed by atoms with Gasteiger partial charge >= 0.3 is 11.9 Å². The van der Waals surface area contributed by atoms with Crippen LogP contribution in [0.25, 0.3) is 0 Å². The average molecular weight is 145 g/mol. The van der Waals surface area contributed by atoms with Crippen LogP contribution in [-0.2, 0) is 14.3 Å².